The Morgan fingerprint density at radius 1 is 1.50 bits per heavy atom. The third-order valence-electron chi connectivity index (χ3n) is 4.16. The van der Waals surface area contributed by atoms with Crippen molar-refractivity contribution >= 4 is 17.6 Å². The van der Waals surface area contributed by atoms with Crippen LogP contribution in [0, 0.1) is 18.8 Å². The van der Waals surface area contributed by atoms with Crippen molar-refractivity contribution in [1.29, 1.82) is 0 Å². The minimum absolute atomic E-state index is 0.149. The molecule has 8 nitrogen and oxygen atoms in total. The first-order valence-electron chi connectivity index (χ1n) is 7.76. The summed E-state index contributed by atoms with van der Waals surface area (Å²) in [5.41, 5.74) is 6.13. The van der Waals surface area contributed by atoms with Crippen LogP contribution in [0.5, 0.6) is 0 Å². The average molecular weight is 329 g/mol. The number of rotatable bonds is 1. The number of hydrogen-bond donors (Lipinski definition) is 2. The fourth-order valence-electron chi connectivity index (χ4n) is 2.86. The highest BCUT2D eigenvalue weighted by Crippen LogP contribution is 2.30. The predicted octanol–water partition coefficient (Wildman–Crippen LogP) is 0.603. The molecule has 24 heavy (non-hydrogen) atoms. The molecule has 0 radical (unpaired) electrons. The minimum Gasteiger partial charge on any atom is -0.463 e. The van der Waals surface area contributed by atoms with Crippen molar-refractivity contribution in [1.82, 2.24) is 19.6 Å². The summed E-state index contributed by atoms with van der Waals surface area (Å²) in [6, 6.07) is 0. The van der Waals surface area contributed by atoms with E-state index in [1.54, 1.807) is 6.92 Å². The molecule has 0 aliphatic heterocycles. The van der Waals surface area contributed by atoms with Gasteiger partial charge in [-0.15, -0.1) is 0 Å². The zero-order chi connectivity index (χ0) is 17.3. The van der Waals surface area contributed by atoms with E-state index < -0.39 is 5.60 Å². The molecule has 0 spiro atoms. The molecule has 3 N–H and O–H groups in total. The van der Waals surface area contributed by atoms with Gasteiger partial charge < -0.3 is 15.6 Å². The van der Waals surface area contributed by atoms with Crippen LogP contribution in [0.25, 0.3) is 5.78 Å². The fourth-order valence-corrected chi connectivity index (χ4v) is 2.86. The normalized spacial score (nSPS) is 23.5. The predicted molar refractivity (Wildman–Crippen MR) is 85.8 cm³/mol. The van der Waals surface area contributed by atoms with E-state index in [2.05, 4.69) is 26.9 Å². The third-order valence-corrected chi connectivity index (χ3v) is 4.16. The van der Waals surface area contributed by atoms with Gasteiger partial charge in [0.15, 0.2) is 0 Å². The highest BCUT2D eigenvalue weighted by molar-refractivity contribution is 5.66. The maximum atomic E-state index is 11.0. The smallest absolute Gasteiger partial charge is 0.302 e. The number of carbonyl (C=O) groups is 1. The molecule has 2 aromatic rings. The number of fused-ring (bicyclic) bond motifs is 1. The number of nitrogen functional groups attached to an aromatic ring is 1. The van der Waals surface area contributed by atoms with E-state index in [9.17, 15) is 9.90 Å². The van der Waals surface area contributed by atoms with Crippen molar-refractivity contribution in [2.75, 3.05) is 5.73 Å². The second kappa shape index (κ2) is 6.09. The molecular weight excluding hydrogens is 310 g/mol. The summed E-state index contributed by atoms with van der Waals surface area (Å²) in [5.74, 6) is 6.32. The van der Waals surface area contributed by atoms with Gasteiger partial charge in [-0.1, -0.05) is 11.8 Å². The molecule has 2 aromatic heterocycles. The SMILES string of the molecule is CC(=O)OC1CCC(O)(C#Cc2c(C)nc3ncnn3c2N)CC1. The quantitative estimate of drug-likeness (QED) is 0.581. The van der Waals surface area contributed by atoms with Gasteiger partial charge in [0.05, 0.1) is 11.3 Å². The molecule has 1 saturated carbocycles. The molecule has 2 heterocycles. The number of ether oxygens (including phenoxy) is 1. The van der Waals surface area contributed by atoms with Crippen LogP contribution in [0.3, 0.4) is 0 Å². The van der Waals surface area contributed by atoms with Gasteiger partial charge in [0.2, 0.25) is 0 Å². The Kier molecular flexibility index (Phi) is 4.11. The van der Waals surface area contributed by atoms with Gasteiger partial charge in [-0.3, -0.25) is 4.79 Å². The van der Waals surface area contributed by atoms with Crippen molar-refractivity contribution in [3.8, 4) is 11.8 Å². The van der Waals surface area contributed by atoms with E-state index in [0.29, 0.717) is 48.5 Å². The Morgan fingerprint density at radius 3 is 2.88 bits per heavy atom. The zero-order valence-electron chi connectivity index (χ0n) is 13.6. The van der Waals surface area contributed by atoms with Crippen molar-refractivity contribution < 1.29 is 14.6 Å². The Bertz CT molecular complexity index is 840. The standard InChI is InChI=1S/C16H19N5O3/c1-10-13(14(17)21-15(20-10)18-9-19-21)5-8-16(23)6-3-12(4-7-16)24-11(2)22/h9,12,23H,3-4,6-7,17H2,1-2H3. The molecule has 1 fully saturated rings. The second-order valence-corrected chi connectivity index (χ2v) is 6.02. The zero-order valence-corrected chi connectivity index (χ0v) is 13.6. The molecule has 8 heteroatoms. The number of aryl methyl sites for hydroxylation is 1. The molecule has 0 saturated heterocycles. The largest absolute Gasteiger partial charge is 0.463 e. The number of hydrogen-bond acceptors (Lipinski definition) is 7. The number of aromatic nitrogens is 4. The van der Waals surface area contributed by atoms with Crippen LogP contribution >= 0.6 is 0 Å². The van der Waals surface area contributed by atoms with Gasteiger partial charge in [0.25, 0.3) is 5.78 Å². The van der Waals surface area contributed by atoms with Crippen LogP contribution in [0.1, 0.15) is 43.9 Å². The summed E-state index contributed by atoms with van der Waals surface area (Å²) in [7, 11) is 0. The molecule has 0 unspecified atom stereocenters. The molecule has 0 bridgehead atoms. The van der Waals surface area contributed by atoms with Crippen LogP contribution in [-0.4, -0.2) is 42.4 Å². The Balaban J connectivity index is 1.81. The summed E-state index contributed by atoms with van der Waals surface area (Å²) in [4.78, 5) is 19.3. The highest BCUT2D eigenvalue weighted by Gasteiger charge is 2.33. The monoisotopic (exact) mass is 329 g/mol. The van der Waals surface area contributed by atoms with E-state index in [4.69, 9.17) is 10.5 Å². The summed E-state index contributed by atoms with van der Waals surface area (Å²) in [6.07, 6.45) is 3.27. The van der Waals surface area contributed by atoms with Crippen LogP contribution in [0.4, 0.5) is 5.82 Å². The Labute approximate surface area is 139 Å². The molecular formula is C16H19N5O3. The maximum Gasteiger partial charge on any atom is 0.302 e. The highest BCUT2D eigenvalue weighted by atomic mass is 16.5. The lowest BCUT2D eigenvalue weighted by Gasteiger charge is -2.31. The van der Waals surface area contributed by atoms with Crippen LogP contribution in [0.2, 0.25) is 0 Å². The van der Waals surface area contributed by atoms with E-state index in [1.165, 1.54) is 17.8 Å². The first-order chi connectivity index (χ1) is 11.4. The number of nitrogens with zero attached hydrogens (tertiary/aromatic N) is 4. The Morgan fingerprint density at radius 2 is 2.21 bits per heavy atom. The van der Waals surface area contributed by atoms with Crippen molar-refractivity contribution in [3.05, 3.63) is 17.6 Å². The molecule has 1 aliphatic rings. The molecule has 0 amide bonds. The van der Waals surface area contributed by atoms with Crippen LogP contribution in [-0.2, 0) is 9.53 Å². The summed E-state index contributed by atoms with van der Waals surface area (Å²) < 4.78 is 6.59. The van der Waals surface area contributed by atoms with Crippen molar-refractivity contribution in [2.45, 2.75) is 51.2 Å². The number of anilines is 1. The lowest BCUT2D eigenvalue weighted by atomic mass is 9.83. The van der Waals surface area contributed by atoms with Crippen molar-refractivity contribution in [2.24, 2.45) is 0 Å². The summed E-state index contributed by atoms with van der Waals surface area (Å²) >= 11 is 0. The van der Waals surface area contributed by atoms with Gasteiger partial charge in [-0.05, 0) is 32.6 Å². The van der Waals surface area contributed by atoms with E-state index in [1.807, 2.05) is 0 Å². The maximum absolute atomic E-state index is 11.0. The summed E-state index contributed by atoms with van der Waals surface area (Å²) in [6.45, 7) is 3.18. The van der Waals surface area contributed by atoms with Gasteiger partial charge in [0, 0.05) is 6.92 Å². The first kappa shape index (κ1) is 16.2. The van der Waals surface area contributed by atoms with Gasteiger partial charge in [-0.2, -0.15) is 14.6 Å². The third kappa shape index (κ3) is 3.16. The van der Waals surface area contributed by atoms with E-state index in [-0.39, 0.29) is 12.1 Å². The minimum atomic E-state index is -1.12. The van der Waals surface area contributed by atoms with Gasteiger partial charge in [0.1, 0.15) is 23.9 Å². The topological polar surface area (TPSA) is 116 Å². The van der Waals surface area contributed by atoms with Gasteiger partial charge >= 0.3 is 5.97 Å². The van der Waals surface area contributed by atoms with Crippen LogP contribution in [0.15, 0.2) is 6.33 Å². The van der Waals surface area contributed by atoms with E-state index >= 15 is 0 Å². The summed E-state index contributed by atoms with van der Waals surface area (Å²) in [5, 5.41) is 14.6. The van der Waals surface area contributed by atoms with Crippen molar-refractivity contribution in [3.63, 3.8) is 0 Å². The first-order valence-corrected chi connectivity index (χ1v) is 7.76. The van der Waals surface area contributed by atoms with Crippen LogP contribution < -0.4 is 5.73 Å². The number of aliphatic hydroxyl groups is 1. The molecule has 1 aliphatic carbocycles. The molecule has 0 aromatic carbocycles. The average Bonchev–Trinajstić information content (AvgIpc) is 2.97. The molecule has 126 valence electrons. The Hall–Kier alpha value is -2.66. The van der Waals surface area contributed by atoms with E-state index in [0.717, 1.165) is 0 Å². The second-order valence-electron chi connectivity index (χ2n) is 6.02. The number of carbonyl (C=O) groups excluding carboxylic acids is 1. The lowest BCUT2D eigenvalue weighted by Crippen LogP contribution is -2.35. The molecule has 0 atom stereocenters. The number of esters is 1. The van der Waals surface area contributed by atoms with Gasteiger partial charge in [-0.25, -0.2) is 4.98 Å². The number of nitrogens with two attached hydrogens (primary N) is 1. The lowest BCUT2D eigenvalue weighted by molar-refractivity contribution is -0.149. The fraction of sp³-hybridized carbons (Fsp3) is 0.500. The molecule has 3 rings (SSSR count).